The Morgan fingerprint density at radius 1 is 1.40 bits per heavy atom. The minimum atomic E-state index is -0.835. The number of nitriles is 2. The lowest BCUT2D eigenvalue weighted by Gasteiger charge is -2.13. The summed E-state index contributed by atoms with van der Waals surface area (Å²) in [5.74, 6) is 0. The molecule has 0 aliphatic heterocycles. The molecular weight excluding hydrogens is 188 g/mol. The van der Waals surface area contributed by atoms with Crippen molar-refractivity contribution in [3.05, 3.63) is 11.6 Å². The van der Waals surface area contributed by atoms with Crippen molar-refractivity contribution in [1.82, 2.24) is 0 Å². The molecule has 2 N–H and O–H groups in total. The zero-order valence-electron chi connectivity index (χ0n) is 8.77. The zero-order valence-corrected chi connectivity index (χ0v) is 8.77. The van der Waals surface area contributed by atoms with E-state index in [1.807, 2.05) is 25.1 Å². The maximum Gasteiger partial charge on any atom is 0.165 e. The minimum absolute atomic E-state index is 0.743. The molecular formula is C11H14N4. The van der Waals surface area contributed by atoms with E-state index in [0.29, 0.717) is 0 Å². The standard InChI is InChI=1S/C11H14N4/c1-8-3-2-4-9(5-8)15-11(7-13)10(14)6-12/h5,10-11H,2-4,14H2,1H3. The highest BCUT2D eigenvalue weighted by Gasteiger charge is 2.16. The molecule has 1 aliphatic rings. The summed E-state index contributed by atoms with van der Waals surface area (Å²) in [6.07, 6.45) is 4.99. The summed E-state index contributed by atoms with van der Waals surface area (Å²) in [7, 11) is 0. The number of hydrogen-bond acceptors (Lipinski definition) is 4. The van der Waals surface area contributed by atoms with Gasteiger partial charge in [-0.2, -0.15) is 10.5 Å². The van der Waals surface area contributed by atoms with Gasteiger partial charge in [0.25, 0.3) is 0 Å². The first kappa shape index (κ1) is 11.4. The van der Waals surface area contributed by atoms with Crippen molar-refractivity contribution in [2.75, 3.05) is 0 Å². The van der Waals surface area contributed by atoms with Crippen LogP contribution in [0.1, 0.15) is 26.2 Å². The molecule has 2 atom stereocenters. The molecule has 1 aliphatic carbocycles. The van der Waals surface area contributed by atoms with Gasteiger partial charge in [-0.25, -0.2) is 0 Å². The van der Waals surface area contributed by atoms with E-state index in [1.165, 1.54) is 5.57 Å². The lowest BCUT2D eigenvalue weighted by molar-refractivity contribution is 0.721. The van der Waals surface area contributed by atoms with Crippen LogP contribution < -0.4 is 5.73 Å². The summed E-state index contributed by atoms with van der Waals surface area (Å²) in [5, 5.41) is 17.4. The monoisotopic (exact) mass is 202 g/mol. The van der Waals surface area contributed by atoms with E-state index in [4.69, 9.17) is 16.3 Å². The largest absolute Gasteiger partial charge is 0.313 e. The van der Waals surface area contributed by atoms with Crippen LogP contribution in [0.15, 0.2) is 16.6 Å². The molecule has 0 aromatic heterocycles. The second-order valence-corrected chi connectivity index (χ2v) is 3.69. The molecule has 0 radical (unpaired) electrons. The maximum atomic E-state index is 8.82. The molecule has 2 unspecified atom stereocenters. The van der Waals surface area contributed by atoms with Crippen LogP contribution in [0.2, 0.25) is 0 Å². The first-order chi connectivity index (χ1) is 7.17. The quantitative estimate of drug-likeness (QED) is 0.732. The molecule has 0 amide bonds. The number of allylic oxidation sites excluding steroid dienone is 2. The van der Waals surface area contributed by atoms with Gasteiger partial charge in [0.1, 0.15) is 6.04 Å². The molecule has 0 fully saturated rings. The van der Waals surface area contributed by atoms with E-state index in [2.05, 4.69) is 4.99 Å². The summed E-state index contributed by atoms with van der Waals surface area (Å²) in [5.41, 5.74) is 7.62. The number of hydrogen-bond donors (Lipinski definition) is 1. The summed E-state index contributed by atoms with van der Waals surface area (Å²) in [4.78, 5) is 4.21. The first-order valence-electron chi connectivity index (χ1n) is 4.96. The lowest BCUT2D eigenvalue weighted by Crippen LogP contribution is -2.31. The molecule has 0 saturated carbocycles. The number of rotatable bonds is 2. The van der Waals surface area contributed by atoms with Gasteiger partial charge in [-0.15, -0.1) is 0 Å². The number of nitrogens with zero attached hydrogens (tertiary/aromatic N) is 3. The van der Waals surface area contributed by atoms with E-state index >= 15 is 0 Å². The van der Waals surface area contributed by atoms with Gasteiger partial charge in [0, 0.05) is 5.71 Å². The molecule has 0 saturated heterocycles. The second kappa shape index (κ2) is 5.29. The van der Waals surface area contributed by atoms with Crippen LogP contribution in [0.3, 0.4) is 0 Å². The third-order valence-electron chi connectivity index (χ3n) is 2.34. The number of aliphatic imine (C=N–C) groups is 1. The molecule has 78 valence electrons. The average Bonchev–Trinajstić information content (AvgIpc) is 2.25. The number of nitrogens with two attached hydrogens (primary N) is 1. The first-order valence-corrected chi connectivity index (χ1v) is 4.96. The van der Waals surface area contributed by atoms with Crippen LogP contribution in [0.5, 0.6) is 0 Å². The minimum Gasteiger partial charge on any atom is -0.313 e. The van der Waals surface area contributed by atoms with E-state index < -0.39 is 12.1 Å². The highest BCUT2D eigenvalue weighted by atomic mass is 14.9. The van der Waals surface area contributed by atoms with Gasteiger partial charge in [0.15, 0.2) is 6.04 Å². The molecule has 15 heavy (non-hydrogen) atoms. The van der Waals surface area contributed by atoms with Crippen molar-refractivity contribution in [2.24, 2.45) is 10.7 Å². The maximum absolute atomic E-state index is 8.82. The van der Waals surface area contributed by atoms with Crippen molar-refractivity contribution in [3.63, 3.8) is 0 Å². The predicted molar refractivity (Wildman–Crippen MR) is 58.0 cm³/mol. The van der Waals surface area contributed by atoms with E-state index in [1.54, 1.807) is 0 Å². The molecule has 4 heteroatoms. The van der Waals surface area contributed by atoms with Crippen molar-refractivity contribution < 1.29 is 0 Å². The molecule has 1 rings (SSSR count). The Bertz CT molecular complexity index is 367. The Hall–Kier alpha value is -1.65. The fourth-order valence-corrected chi connectivity index (χ4v) is 1.52. The fourth-order valence-electron chi connectivity index (χ4n) is 1.52. The Labute approximate surface area is 89.7 Å². The molecule has 0 heterocycles. The zero-order chi connectivity index (χ0) is 11.3. The average molecular weight is 202 g/mol. The highest BCUT2D eigenvalue weighted by molar-refractivity contribution is 5.96. The summed E-state index contributed by atoms with van der Waals surface area (Å²) < 4.78 is 0. The summed E-state index contributed by atoms with van der Waals surface area (Å²) in [6.45, 7) is 2.04. The fraction of sp³-hybridized carbons (Fsp3) is 0.545. The van der Waals surface area contributed by atoms with Crippen LogP contribution in [0, 0.1) is 22.7 Å². The van der Waals surface area contributed by atoms with Gasteiger partial charge < -0.3 is 5.73 Å². The van der Waals surface area contributed by atoms with Crippen molar-refractivity contribution in [1.29, 1.82) is 10.5 Å². The normalized spacial score (nSPS) is 22.4. The molecule has 0 aromatic carbocycles. The SMILES string of the molecule is CC1=CC(=NC(C#N)C(N)C#N)CCC1. The highest BCUT2D eigenvalue weighted by Crippen LogP contribution is 2.15. The third-order valence-corrected chi connectivity index (χ3v) is 2.34. The van der Waals surface area contributed by atoms with Crippen molar-refractivity contribution >= 4 is 5.71 Å². The summed E-state index contributed by atoms with van der Waals surface area (Å²) >= 11 is 0. The van der Waals surface area contributed by atoms with E-state index in [0.717, 1.165) is 25.0 Å². The topological polar surface area (TPSA) is 86.0 Å². The summed E-state index contributed by atoms with van der Waals surface area (Å²) in [6, 6.07) is 2.22. The Morgan fingerprint density at radius 3 is 2.67 bits per heavy atom. The van der Waals surface area contributed by atoms with Crippen LogP contribution in [0.4, 0.5) is 0 Å². The lowest BCUT2D eigenvalue weighted by atomic mass is 9.99. The van der Waals surface area contributed by atoms with Crippen molar-refractivity contribution in [2.45, 2.75) is 38.3 Å². The Kier molecular flexibility index (Phi) is 4.03. The molecule has 0 aromatic rings. The van der Waals surface area contributed by atoms with Gasteiger partial charge in [-0.3, -0.25) is 4.99 Å². The smallest absolute Gasteiger partial charge is 0.165 e. The van der Waals surface area contributed by atoms with E-state index in [-0.39, 0.29) is 0 Å². The van der Waals surface area contributed by atoms with Gasteiger partial charge >= 0.3 is 0 Å². The van der Waals surface area contributed by atoms with Gasteiger partial charge in [0.05, 0.1) is 12.1 Å². The molecule has 0 spiro atoms. The molecule has 0 bridgehead atoms. The van der Waals surface area contributed by atoms with E-state index in [9.17, 15) is 0 Å². The third kappa shape index (κ3) is 3.19. The van der Waals surface area contributed by atoms with Gasteiger partial charge in [-0.05, 0) is 32.3 Å². The van der Waals surface area contributed by atoms with Crippen LogP contribution >= 0.6 is 0 Å². The van der Waals surface area contributed by atoms with Crippen molar-refractivity contribution in [3.8, 4) is 12.1 Å². The van der Waals surface area contributed by atoms with Crippen LogP contribution in [-0.4, -0.2) is 17.8 Å². The van der Waals surface area contributed by atoms with Gasteiger partial charge in [-0.1, -0.05) is 5.57 Å². The Balaban J connectivity index is 2.82. The van der Waals surface area contributed by atoms with Gasteiger partial charge in [0.2, 0.25) is 0 Å². The van der Waals surface area contributed by atoms with Crippen LogP contribution in [-0.2, 0) is 0 Å². The molecule has 4 nitrogen and oxygen atoms in total. The second-order valence-electron chi connectivity index (χ2n) is 3.69. The Morgan fingerprint density at radius 2 is 2.13 bits per heavy atom. The van der Waals surface area contributed by atoms with Crippen LogP contribution in [0.25, 0.3) is 0 Å². The predicted octanol–water partition coefficient (Wildman–Crippen LogP) is 1.30.